The molecule has 0 amide bonds. The first-order valence-electron chi connectivity index (χ1n) is 2.47. The molecule has 0 aromatic carbocycles. The minimum Gasteiger partial charge on any atom is -1.00 e. The zero-order chi connectivity index (χ0) is 5.91. The van der Waals surface area contributed by atoms with Crippen molar-refractivity contribution in [3.05, 3.63) is 0 Å². The lowest BCUT2D eigenvalue weighted by molar-refractivity contribution is -0.870. The van der Waals surface area contributed by atoms with Gasteiger partial charge < -0.3 is 22.0 Å². The zero-order valence-electron chi connectivity index (χ0n) is 5.69. The van der Waals surface area contributed by atoms with Gasteiger partial charge in [0.1, 0.15) is 6.54 Å². The first kappa shape index (κ1) is 16.2. The maximum Gasteiger partial charge on any atom is 0.101 e. The van der Waals surface area contributed by atoms with E-state index in [0.717, 1.165) is 11.0 Å². The molecule has 0 aromatic heterocycles. The SMILES string of the molecule is C[N+](C)(C)CCO.[Cl-].[SiH4]. The van der Waals surface area contributed by atoms with E-state index in [1.165, 1.54) is 0 Å². The van der Waals surface area contributed by atoms with Crippen molar-refractivity contribution >= 4 is 11.0 Å². The molecule has 0 saturated carbocycles. The lowest BCUT2D eigenvalue weighted by Gasteiger charge is -2.21. The monoisotopic (exact) mass is 171 g/mol. The van der Waals surface area contributed by atoms with Crippen LogP contribution in [-0.4, -0.2) is 54.8 Å². The highest BCUT2D eigenvalue weighted by Gasteiger charge is 2.02. The van der Waals surface area contributed by atoms with Crippen LogP contribution in [0.3, 0.4) is 0 Å². The largest absolute Gasteiger partial charge is 1.00 e. The van der Waals surface area contributed by atoms with Crippen molar-refractivity contribution in [2.75, 3.05) is 34.3 Å². The van der Waals surface area contributed by atoms with Gasteiger partial charge in [-0.1, -0.05) is 0 Å². The summed E-state index contributed by atoms with van der Waals surface area (Å²) in [6.07, 6.45) is 0. The van der Waals surface area contributed by atoms with Gasteiger partial charge in [-0.25, -0.2) is 0 Å². The van der Waals surface area contributed by atoms with E-state index in [-0.39, 0.29) is 30.0 Å². The van der Waals surface area contributed by atoms with Gasteiger partial charge in [0.15, 0.2) is 0 Å². The molecule has 1 N–H and O–H groups in total. The molecule has 9 heavy (non-hydrogen) atoms. The molecular formula is C5H18ClNOSi. The average Bonchev–Trinajstić information content (AvgIpc) is 1.30. The number of rotatable bonds is 2. The molecule has 0 atom stereocenters. The van der Waals surface area contributed by atoms with Crippen LogP contribution in [0.1, 0.15) is 0 Å². The minimum absolute atomic E-state index is 0. The third-order valence-electron chi connectivity index (χ3n) is 0.771. The van der Waals surface area contributed by atoms with E-state index in [1.54, 1.807) is 0 Å². The molecule has 4 heteroatoms. The van der Waals surface area contributed by atoms with Crippen LogP contribution in [0.15, 0.2) is 0 Å². The second kappa shape index (κ2) is 6.55. The molecule has 0 radical (unpaired) electrons. The Bertz CT molecular complexity index is 55.4. The Hall–Kier alpha value is 0.427. The molecule has 0 aromatic rings. The van der Waals surface area contributed by atoms with Gasteiger partial charge in [-0.05, 0) is 11.0 Å². The van der Waals surface area contributed by atoms with Gasteiger partial charge in [0, 0.05) is 0 Å². The van der Waals surface area contributed by atoms with Gasteiger partial charge in [-0.15, -0.1) is 0 Å². The third kappa shape index (κ3) is 17.8. The van der Waals surface area contributed by atoms with Crippen LogP contribution in [-0.2, 0) is 0 Å². The Labute approximate surface area is 67.9 Å². The van der Waals surface area contributed by atoms with Crippen molar-refractivity contribution in [3.63, 3.8) is 0 Å². The van der Waals surface area contributed by atoms with E-state index in [4.69, 9.17) is 5.11 Å². The van der Waals surface area contributed by atoms with Crippen LogP contribution >= 0.6 is 0 Å². The summed E-state index contributed by atoms with van der Waals surface area (Å²) in [6, 6.07) is 0. The van der Waals surface area contributed by atoms with Crippen LogP contribution in [0, 0.1) is 0 Å². The van der Waals surface area contributed by atoms with Crippen LogP contribution in [0.2, 0.25) is 0 Å². The molecule has 2 nitrogen and oxygen atoms in total. The van der Waals surface area contributed by atoms with Gasteiger partial charge in [0.05, 0.1) is 27.7 Å². The van der Waals surface area contributed by atoms with Crippen molar-refractivity contribution in [3.8, 4) is 0 Å². The van der Waals surface area contributed by atoms with Crippen molar-refractivity contribution in [2.24, 2.45) is 0 Å². The molecule has 0 unspecified atom stereocenters. The summed E-state index contributed by atoms with van der Waals surface area (Å²) in [6.45, 7) is 1.11. The van der Waals surface area contributed by atoms with Gasteiger partial charge in [-0.2, -0.15) is 0 Å². The van der Waals surface area contributed by atoms with Gasteiger partial charge >= 0.3 is 0 Å². The molecule has 0 aliphatic heterocycles. The number of nitrogens with zero attached hydrogens (tertiary/aromatic N) is 1. The predicted molar refractivity (Wildman–Crippen MR) is 41.3 cm³/mol. The lowest BCUT2D eigenvalue weighted by atomic mass is 10.5. The Kier molecular flexibility index (Phi) is 11.8. The zero-order valence-corrected chi connectivity index (χ0v) is 6.44. The third-order valence-corrected chi connectivity index (χ3v) is 0.771. The second-order valence-corrected chi connectivity index (χ2v) is 2.74. The summed E-state index contributed by atoms with van der Waals surface area (Å²) in [4.78, 5) is 0. The number of hydrogen-bond acceptors (Lipinski definition) is 1. The Morgan fingerprint density at radius 2 is 1.56 bits per heavy atom. The maximum absolute atomic E-state index is 8.39. The summed E-state index contributed by atoms with van der Waals surface area (Å²) in [5.41, 5.74) is 0. The van der Waals surface area contributed by atoms with Crippen molar-refractivity contribution in [2.45, 2.75) is 0 Å². The van der Waals surface area contributed by atoms with E-state index in [2.05, 4.69) is 21.1 Å². The topological polar surface area (TPSA) is 20.2 Å². The number of quaternary nitrogens is 1. The summed E-state index contributed by atoms with van der Waals surface area (Å²) in [5.74, 6) is 0. The number of aliphatic hydroxyl groups excluding tert-OH is 1. The molecule has 0 aliphatic rings. The lowest BCUT2D eigenvalue weighted by Crippen LogP contribution is -3.00. The molecular weight excluding hydrogens is 154 g/mol. The van der Waals surface area contributed by atoms with Crippen molar-refractivity contribution in [1.29, 1.82) is 0 Å². The number of halogens is 1. The van der Waals surface area contributed by atoms with Crippen molar-refractivity contribution in [1.82, 2.24) is 0 Å². The molecule has 0 saturated heterocycles. The Morgan fingerprint density at radius 1 is 1.22 bits per heavy atom. The normalized spacial score (nSPS) is 9.33. The molecule has 0 spiro atoms. The van der Waals surface area contributed by atoms with Gasteiger partial charge in [0.25, 0.3) is 0 Å². The van der Waals surface area contributed by atoms with E-state index < -0.39 is 0 Å². The first-order valence-corrected chi connectivity index (χ1v) is 2.47. The van der Waals surface area contributed by atoms with Crippen LogP contribution < -0.4 is 12.4 Å². The highest BCUT2D eigenvalue weighted by atomic mass is 35.5. The van der Waals surface area contributed by atoms with E-state index in [9.17, 15) is 0 Å². The number of likely N-dealkylation sites (N-methyl/N-ethyl adjacent to an activating group) is 1. The molecule has 0 fully saturated rings. The molecule has 0 bridgehead atoms. The fourth-order valence-electron chi connectivity index (χ4n) is 0.300. The van der Waals surface area contributed by atoms with Crippen LogP contribution in [0.5, 0.6) is 0 Å². The van der Waals surface area contributed by atoms with E-state index in [1.807, 2.05) is 0 Å². The van der Waals surface area contributed by atoms with E-state index >= 15 is 0 Å². The molecule has 60 valence electrons. The van der Waals surface area contributed by atoms with E-state index in [0.29, 0.717) is 0 Å². The second-order valence-electron chi connectivity index (χ2n) is 2.74. The quantitative estimate of drug-likeness (QED) is 0.327. The summed E-state index contributed by atoms with van der Waals surface area (Å²) in [7, 11) is 6.16. The highest BCUT2D eigenvalue weighted by molar-refractivity contribution is 5.75. The standard InChI is InChI=1S/C5H14NO.ClH.H4Si/c1-6(2,3)4-5-7;;/h7H,4-5H2,1-3H3;1H;1H4/q+1;;/p-1. The highest BCUT2D eigenvalue weighted by Crippen LogP contribution is 1.84. The average molecular weight is 172 g/mol. The molecule has 0 aliphatic carbocycles. The summed E-state index contributed by atoms with van der Waals surface area (Å²) in [5, 5.41) is 8.39. The first-order chi connectivity index (χ1) is 3.06. The van der Waals surface area contributed by atoms with Crippen molar-refractivity contribution < 1.29 is 22.0 Å². The predicted octanol–water partition coefficient (Wildman–Crippen LogP) is -4.76. The van der Waals surface area contributed by atoms with Crippen LogP contribution in [0.25, 0.3) is 0 Å². The minimum atomic E-state index is 0. The van der Waals surface area contributed by atoms with Gasteiger partial charge in [-0.3, -0.25) is 0 Å². The smallest absolute Gasteiger partial charge is 0.101 e. The fourth-order valence-corrected chi connectivity index (χ4v) is 0.300. The summed E-state index contributed by atoms with van der Waals surface area (Å²) < 4.78 is 0.844. The number of hydrogen-bond donors (Lipinski definition) is 1. The molecule has 0 rings (SSSR count). The summed E-state index contributed by atoms with van der Waals surface area (Å²) >= 11 is 0. The maximum atomic E-state index is 8.39. The number of aliphatic hydroxyl groups is 1. The Balaban J connectivity index is -0.000000180. The van der Waals surface area contributed by atoms with Gasteiger partial charge in [0.2, 0.25) is 0 Å². The Morgan fingerprint density at radius 3 is 1.56 bits per heavy atom. The molecule has 0 heterocycles. The fraction of sp³-hybridized carbons (Fsp3) is 1.00. The van der Waals surface area contributed by atoms with Crippen LogP contribution in [0.4, 0.5) is 0 Å².